The first-order valence-electron chi connectivity index (χ1n) is 4.38. The number of hydrogen-bond acceptors (Lipinski definition) is 3. The molecule has 0 aliphatic rings. The third-order valence-corrected chi connectivity index (χ3v) is 2.64. The summed E-state index contributed by atoms with van der Waals surface area (Å²) in [5.41, 5.74) is -2.96. The highest BCUT2D eigenvalue weighted by Crippen LogP contribution is 2.37. The lowest BCUT2D eigenvalue weighted by atomic mass is 10.0. The van der Waals surface area contributed by atoms with Crippen LogP contribution in [0.15, 0.2) is 12.1 Å². The van der Waals surface area contributed by atoms with E-state index in [-0.39, 0.29) is 3.57 Å². The van der Waals surface area contributed by atoms with Gasteiger partial charge in [-0.05, 0) is 28.7 Å². The summed E-state index contributed by atoms with van der Waals surface area (Å²) in [6, 6.07) is 1.60. The maximum atomic E-state index is 12.7. The fourth-order valence-electron chi connectivity index (χ4n) is 1.38. The Morgan fingerprint density at radius 1 is 1.44 bits per heavy atom. The average molecular weight is 375 g/mol. The van der Waals surface area contributed by atoms with Crippen LogP contribution in [0.4, 0.5) is 18.9 Å². The van der Waals surface area contributed by atoms with Crippen LogP contribution in [0.3, 0.4) is 0 Å². The van der Waals surface area contributed by atoms with E-state index in [9.17, 15) is 28.1 Å². The molecule has 18 heavy (non-hydrogen) atoms. The minimum Gasteiger partial charge on any atom is -0.481 e. The molecule has 0 heterocycles. The summed E-state index contributed by atoms with van der Waals surface area (Å²) < 4.78 is 38.1. The Bertz CT molecular complexity index is 515. The molecule has 0 unspecified atom stereocenters. The van der Waals surface area contributed by atoms with Crippen LogP contribution in [0.1, 0.15) is 11.1 Å². The van der Waals surface area contributed by atoms with Gasteiger partial charge in [0.05, 0.1) is 22.5 Å². The summed E-state index contributed by atoms with van der Waals surface area (Å²) in [5, 5.41) is 19.2. The van der Waals surface area contributed by atoms with Gasteiger partial charge in [-0.1, -0.05) is 0 Å². The number of halogens is 4. The fourth-order valence-corrected chi connectivity index (χ4v) is 1.98. The van der Waals surface area contributed by atoms with E-state index in [1.165, 1.54) is 22.6 Å². The van der Waals surface area contributed by atoms with Gasteiger partial charge in [0.1, 0.15) is 0 Å². The Morgan fingerprint density at radius 3 is 2.39 bits per heavy atom. The topological polar surface area (TPSA) is 80.4 Å². The van der Waals surface area contributed by atoms with Crippen molar-refractivity contribution in [1.82, 2.24) is 0 Å². The second kappa shape index (κ2) is 5.08. The van der Waals surface area contributed by atoms with E-state index in [2.05, 4.69) is 0 Å². The van der Waals surface area contributed by atoms with Crippen LogP contribution in [0.5, 0.6) is 0 Å². The highest BCUT2D eigenvalue weighted by atomic mass is 127. The molecule has 0 aliphatic carbocycles. The molecule has 1 aromatic rings. The second-order valence-electron chi connectivity index (χ2n) is 3.28. The molecule has 0 bridgehead atoms. The van der Waals surface area contributed by atoms with Crippen LogP contribution in [0.2, 0.25) is 0 Å². The van der Waals surface area contributed by atoms with Crippen molar-refractivity contribution in [2.75, 3.05) is 0 Å². The molecule has 98 valence electrons. The SMILES string of the molecule is O=C(O)Cc1c([N+](=O)[O-])cc(I)cc1C(F)(F)F. The molecule has 0 amide bonds. The highest BCUT2D eigenvalue weighted by molar-refractivity contribution is 14.1. The number of rotatable bonds is 3. The number of hydrogen-bond donors (Lipinski definition) is 1. The van der Waals surface area contributed by atoms with E-state index in [4.69, 9.17) is 5.11 Å². The molecule has 0 atom stereocenters. The Morgan fingerprint density at radius 2 is 2.00 bits per heavy atom. The normalized spacial score (nSPS) is 11.3. The van der Waals surface area contributed by atoms with Gasteiger partial charge in [-0.15, -0.1) is 0 Å². The molecule has 1 N–H and O–H groups in total. The van der Waals surface area contributed by atoms with Gasteiger partial charge in [-0.3, -0.25) is 14.9 Å². The smallest absolute Gasteiger partial charge is 0.416 e. The molecule has 1 aromatic carbocycles. The first kappa shape index (κ1) is 14.7. The van der Waals surface area contributed by atoms with Gasteiger partial charge in [0.25, 0.3) is 5.69 Å². The molecular formula is C9H5F3INO4. The van der Waals surface area contributed by atoms with E-state index in [0.717, 1.165) is 6.07 Å². The largest absolute Gasteiger partial charge is 0.481 e. The number of nitrogens with zero attached hydrogens (tertiary/aromatic N) is 1. The van der Waals surface area contributed by atoms with E-state index >= 15 is 0 Å². The van der Waals surface area contributed by atoms with Crippen LogP contribution >= 0.6 is 22.6 Å². The van der Waals surface area contributed by atoms with Gasteiger partial charge in [0.2, 0.25) is 0 Å². The first-order valence-corrected chi connectivity index (χ1v) is 5.46. The molecule has 0 radical (unpaired) electrons. The van der Waals surface area contributed by atoms with Gasteiger partial charge >= 0.3 is 12.1 Å². The summed E-state index contributed by atoms with van der Waals surface area (Å²) in [4.78, 5) is 20.2. The molecule has 0 saturated carbocycles. The molecule has 0 fully saturated rings. The van der Waals surface area contributed by atoms with Crippen molar-refractivity contribution < 1.29 is 28.0 Å². The third-order valence-electron chi connectivity index (χ3n) is 2.02. The van der Waals surface area contributed by atoms with E-state index in [1.807, 2.05) is 0 Å². The standard InChI is InChI=1S/C9H5F3INO4/c10-9(11,12)6-1-4(13)2-7(14(17)18)5(6)3-8(15)16/h1-2H,3H2,(H,15,16). The Kier molecular flexibility index (Phi) is 4.14. The molecule has 0 spiro atoms. The summed E-state index contributed by atoms with van der Waals surface area (Å²) in [6.07, 6.45) is -5.89. The summed E-state index contributed by atoms with van der Waals surface area (Å²) in [5.74, 6) is -1.56. The van der Waals surface area contributed by atoms with Gasteiger partial charge in [0, 0.05) is 9.64 Å². The van der Waals surface area contributed by atoms with Gasteiger partial charge in [-0.25, -0.2) is 0 Å². The second-order valence-corrected chi connectivity index (χ2v) is 4.52. The van der Waals surface area contributed by atoms with Crippen molar-refractivity contribution in [2.45, 2.75) is 12.6 Å². The monoisotopic (exact) mass is 375 g/mol. The maximum absolute atomic E-state index is 12.7. The fraction of sp³-hybridized carbons (Fsp3) is 0.222. The van der Waals surface area contributed by atoms with E-state index in [1.54, 1.807) is 0 Å². The molecule has 0 saturated heterocycles. The minimum absolute atomic E-state index is 0.0146. The quantitative estimate of drug-likeness (QED) is 0.501. The van der Waals surface area contributed by atoms with E-state index in [0.29, 0.717) is 6.07 Å². The summed E-state index contributed by atoms with van der Waals surface area (Å²) >= 11 is 1.50. The zero-order chi connectivity index (χ0) is 14.1. The lowest BCUT2D eigenvalue weighted by molar-refractivity contribution is -0.385. The number of alkyl halides is 3. The molecule has 1 rings (SSSR count). The average Bonchev–Trinajstić information content (AvgIpc) is 2.17. The van der Waals surface area contributed by atoms with E-state index < -0.39 is 40.3 Å². The van der Waals surface area contributed by atoms with Crippen LogP contribution < -0.4 is 0 Å². The Labute approximate surface area is 112 Å². The Hall–Kier alpha value is -1.39. The van der Waals surface area contributed by atoms with Crippen LogP contribution in [0, 0.1) is 13.7 Å². The van der Waals surface area contributed by atoms with Crippen LogP contribution in [-0.4, -0.2) is 16.0 Å². The summed E-state index contributed by atoms with van der Waals surface area (Å²) in [7, 11) is 0. The molecular weight excluding hydrogens is 370 g/mol. The number of carbonyl (C=O) groups is 1. The van der Waals surface area contributed by atoms with Crippen molar-refractivity contribution in [3.05, 3.63) is 36.9 Å². The number of carboxylic acids is 1. The van der Waals surface area contributed by atoms with Gasteiger partial charge in [-0.2, -0.15) is 13.2 Å². The summed E-state index contributed by atoms with van der Waals surface area (Å²) in [6.45, 7) is 0. The van der Waals surface area contributed by atoms with Crippen molar-refractivity contribution in [3.8, 4) is 0 Å². The number of nitro benzene ring substituents is 1. The number of nitro groups is 1. The van der Waals surface area contributed by atoms with Gasteiger partial charge in [0.15, 0.2) is 0 Å². The molecule has 5 nitrogen and oxygen atoms in total. The maximum Gasteiger partial charge on any atom is 0.416 e. The number of carboxylic acid groups (broad SMARTS) is 1. The highest BCUT2D eigenvalue weighted by Gasteiger charge is 2.37. The number of benzene rings is 1. The lowest BCUT2D eigenvalue weighted by Crippen LogP contribution is -2.14. The van der Waals surface area contributed by atoms with Crippen molar-refractivity contribution >= 4 is 34.2 Å². The zero-order valence-corrected chi connectivity index (χ0v) is 10.7. The predicted octanol–water partition coefficient (Wildman–Crippen LogP) is 2.85. The van der Waals surface area contributed by atoms with Gasteiger partial charge < -0.3 is 5.11 Å². The minimum atomic E-state index is -4.84. The third kappa shape index (κ3) is 3.31. The molecule has 0 aromatic heterocycles. The van der Waals surface area contributed by atoms with Crippen molar-refractivity contribution in [1.29, 1.82) is 0 Å². The first-order chi connectivity index (χ1) is 8.12. The zero-order valence-electron chi connectivity index (χ0n) is 8.49. The molecule has 0 aliphatic heterocycles. The van der Waals surface area contributed by atoms with Crippen molar-refractivity contribution in [2.24, 2.45) is 0 Å². The van der Waals surface area contributed by atoms with Crippen LogP contribution in [-0.2, 0) is 17.4 Å². The Balaban J connectivity index is 3.57. The van der Waals surface area contributed by atoms with Crippen molar-refractivity contribution in [3.63, 3.8) is 0 Å². The molecule has 9 heteroatoms. The lowest BCUT2D eigenvalue weighted by Gasteiger charge is -2.12. The predicted molar refractivity (Wildman–Crippen MR) is 62.2 cm³/mol. The van der Waals surface area contributed by atoms with Crippen LogP contribution in [0.25, 0.3) is 0 Å². The number of aliphatic carboxylic acids is 1.